The SMILES string of the molecule is CCOC(=O)C(C(=O)OCC)[C@@H](C)CC(C)=O. The summed E-state index contributed by atoms with van der Waals surface area (Å²) < 4.78 is 9.65. The number of hydrogen-bond donors (Lipinski definition) is 0. The van der Waals surface area contributed by atoms with Gasteiger partial charge in [0.1, 0.15) is 5.78 Å². The van der Waals surface area contributed by atoms with E-state index < -0.39 is 23.8 Å². The van der Waals surface area contributed by atoms with E-state index in [1.54, 1.807) is 20.8 Å². The summed E-state index contributed by atoms with van der Waals surface area (Å²) in [7, 11) is 0. The van der Waals surface area contributed by atoms with Crippen molar-refractivity contribution in [1.29, 1.82) is 0 Å². The van der Waals surface area contributed by atoms with Crippen LogP contribution in [-0.2, 0) is 23.9 Å². The molecule has 5 heteroatoms. The molecule has 0 radical (unpaired) electrons. The van der Waals surface area contributed by atoms with Gasteiger partial charge in [-0.15, -0.1) is 0 Å². The fourth-order valence-electron chi connectivity index (χ4n) is 1.60. The van der Waals surface area contributed by atoms with Gasteiger partial charge in [0.25, 0.3) is 0 Å². The Kier molecular flexibility index (Phi) is 7.18. The van der Waals surface area contributed by atoms with Gasteiger partial charge in [-0.05, 0) is 26.7 Å². The third-order valence-corrected chi connectivity index (χ3v) is 2.26. The Balaban J connectivity index is 4.76. The summed E-state index contributed by atoms with van der Waals surface area (Å²) in [6.07, 6.45) is 0.155. The zero-order chi connectivity index (χ0) is 13.4. The van der Waals surface area contributed by atoms with Crippen LogP contribution in [-0.4, -0.2) is 30.9 Å². The molecule has 0 aliphatic carbocycles. The summed E-state index contributed by atoms with van der Waals surface area (Å²) in [5, 5.41) is 0. The molecule has 98 valence electrons. The van der Waals surface area contributed by atoms with Crippen molar-refractivity contribution in [3.8, 4) is 0 Å². The molecule has 0 amide bonds. The number of esters is 2. The van der Waals surface area contributed by atoms with Gasteiger partial charge in [0.2, 0.25) is 0 Å². The van der Waals surface area contributed by atoms with Gasteiger partial charge in [-0.2, -0.15) is 0 Å². The molecule has 5 nitrogen and oxygen atoms in total. The zero-order valence-corrected chi connectivity index (χ0v) is 10.8. The van der Waals surface area contributed by atoms with E-state index in [1.807, 2.05) is 0 Å². The van der Waals surface area contributed by atoms with Crippen molar-refractivity contribution in [3.05, 3.63) is 0 Å². The lowest BCUT2D eigenvalue weighted by Gasteiger charge is -2.19. The molecule has 0 N–H and O–H groups in total. The smallest absolute Gasteiger partial charge is 0.320 e. The molecule has 0 aromatic heterocycles. The van der Waals surface area contributed by atoms with E-state index >= 15 is 0 Å². The van der Waals surface area contributed by atoms with E-state index in [2.05, 4.69) is 0 Å². The quantitative estimate of drug-likeness (QED) is 0.499. The third kappa shape index (κ3) is 5.47. The lowest BCUT2D eigenvalue weighted by molar-refractivity contribution is -0.164. The molecular formula is C12H20O5. The minimum absolute atomic E-state index is 0.0731. The van der Waals surface area contributed by atoms with Crippen LogP contribution in [0.5, 0.6) is 0 Å². The molecule has 0 saturated heterocycles. The summed E-state index contributed by atoms with van der Waals surface area (Å²) in [4.78, 5) is 34.3. The lowest BCUT2D eigenvalue weighted by atomic mass is 9.90. The van der Waals surface area contributed by atoms with Gasteiger partial charge in [-0.3, -0.25) is 9.59 Å². The first kappa shape index (κ1) is 15.6. The van der Waals surface area contributed by atoms with E-state index in [4.69, 9.17) is 9.47 Å². The Labute approximate surface area is 101 Å². The van der Waals surface area contributed by atoms with Crippen LogP contribution in [0.25, 0.3) is 0 Å². The topological polar surface area (TPSA) is 69.7 Å². The Morgan fingerprint density at radius 2 is 1.41 bits per heavy atom. The molecule has 17 heavy (non-hydrogen) atoms. The highest BCUT2D eigenvalue weighted by Crippen LogP contribution is 2.19. The normalized spacial score (nSPS) is 12.1. The van der Waals surface area contributed by atoms with Gasteiger partial charge < -0.3 is 14.3 Å². The second kappa shape index (κ2) is 7.81. The molecule has 0 aliphatic rings. The third-order valence-electron chi connectivity index (χ3n) is 2.26. The molecule has 0 aromatic rings. The second-order valence-corrected chi connectivity index (χ2v) is 3.87. The standard InChI is InChI=1S/C12H20O5/c1-5-16-11(14)10(12(15)17-6-2)8(3)7-9(4)13/h8,10H,5-7H2,1-4H3/t8-/m0/s1. The van der Waals surface area contributed by atoms with Crippen molar-refractivity contribution in [1.82, 2.24) is 0 Å². The summed E-state index contributed by atoms with van der Waals surface area (Å²) in [5.41, 5.74) is 0. The summed E-state index contributed by atoms with van der Waals surface area (Å²) in [6.45, 7) is 6.80. The molecule has 0 heterocycles. The fraction of sp³-hybridized carbons (Fsp3) is 0.750. The van der Waals surface area contributed by atoms with Crippen molar-refractivity contribution in [2.75, 3.05) is 13.2 Å². The van der Waals surface area contributed by atoms with Crippen LogP contribution in [0.15, 0.2) is 0 Å². The highest BCUT2D eigenvalue weighted by atomic mass is 16.6. The molecule has 0 fully saturated rings. The molecule has 0 spiro atoms. The first-order valence-corrected chi connectivity index (χ1v) is 5.76. The Bertz CT molecular complexity index is 267. The molecule has 0 saturated carbocycles. The zero-order valence-electron chi connectivity index (χ0n) is 10.8. The fourth-order valence-corrected chi connectivity index (χ4v) is 1.60. The van der Waals surface area contributed by atoms with Gasteiger partial charge in [-0.25, -0.2) is 0 Å². The predicted octanol–water partition coefficient (Wildman–Crippen LogP) is 1.34. The van der Waals surface area contributed by atoms with Gasteiger partial charge >= 0.3 is 11.9 Å². The van der Waals surface area contributed by atoms with Gasteiger partial charge in [0, 0.05) is 6.42 Å². The largest absolute Gasteiger partial charge is 0.465 e. The number of ketones is 1. The van der Waals surface area contributed by atoms with Crippen LogP contribution in [0.1, 0.15) is 34.1 Å². The number of carbonyl (C=O) groups excluding carboxylic acids is 3. The maximum Gasteiger partial charge on any atom is 0.320 e. The molecule has 0 aliphatic heterocycles. The maximum absolute atomic E-state index is 11.6. The Hall–Kier alpha value is -1.39. The van der Waals surface area contributed by atoms with Crippen LogP contribution in [0.3, 0.4) is 0 Å². The van der Waals surface area contributed by atoms with Crippen molar-refractivity contribution >= 4 is 17.7 Å². The van der Waals surface area contributed by atoms with E-state index in [9.17, 15) is 14.4 Å². The minimum Gasteiger partial charge on any atom is -0.465 e. The highest BCUT2D eigenvalue weighted by molar-refractivity contribution is 5.95. The predicted molar refractivity (Wildman–Crippen MR) is 61.2 cm³/mol. The van der Waals surface area contributed by atoms with Crippen LogP contribution >= 0.6 is 0 Å². The number of carbonyl (C=O) groups is 3. The van der Waals surface area contributed by atoms with Gasteiger partial charge in [0.05, 0.1) is 13.2 Å². The first-order chi connectivity index (χ1) is 7.93. The van der Waals surface area contributed by atoms with Crippen molar-refractivity contribution in [2.45, 2.75) is 34.1 Å². The average molecular weight is 244 g/mol. The molecule has 0 aromatic carbocycles. The molecule has 0 unspecified atom stereocenters. The number of rotatable bonds is 7. The van der Waals surface area contributed by atoms with Crippen molar-refractivity contribution in [3.63, 3.8) is 0 Å². The minimum atomic E-state index is -1.02. The number of Topliss-reactive ketones (excluding diaryl/α,β-unsaturated/α-hetero) is 1. The van der Waals surface area contributed by atoms with Crippen molar-refractivity contribution in [2.24, 2.45) is 11.8 Å². The monoisotopic (exact) mass is 244 g/mol. The van der Waals surface area contributed by atoms with Gasteiger partial charge in [0.15, 0.2) is 5.92 Å². The molecule has 1 atom stereocenters. The van der Waals surface area contributed by atoms with Crippen LogP contribution in [0, 0.1) is 11.8 Å². The highest BCUT2D eigenvalue weighted by Gasteiger charge is 2.35. The molecule has 0 rings (SSSR count). The Morgan fingerprint density at radius 1 is 1.00 bits per heavy atom. The van der Waals surface area contributed by atoms with Crippen LogP contribution in [0.2, 0.25) is 0 Å². The van der Waals surface area contributed by atoms with E-state index in [-0.39, 0.29) is 25.4 Å². The van der Waals surface area contributed by atoms with Crippen LogP contribution in [0.4, 0.5) is 0 Å². The molecular weight excluding hydrogens is 224 g/mol. The summed E-state index contributed by atoms with van der Waals surface area (Å²) >= 11 is 0. The summed E-state index contributed by atoms with van der Waals surface area (Å²) in [5.74, 6) is -2.75. The average Bonchev–Trinajstić information content (AvgIpc) is 2.17. The maximum atomic E-state index is 11.6. The molecule has 0 bridgehead atoms. The van der Waals surface area contributed by atoms with Crippen LogP contribution < -0.4 is 0 Å². The summed E-state index contributed by atoms with van der Waals surface area (Å²) in [6, 6.07) is 0. The second-order valence-electron chi connectivity index (χ2n) is 3.87. The Morgan fingerprint density at radius 3 is 1.71 bits per heavy atom. The lowest BCUT2D eigenvalue weighted by Crippen LogP contribution is -2.34. The number of ether oxygens (including phenoxy) is 2. The van der Waals surface area contributed by atoms with E-state index in [0.29, 0.717) is 0 Å². The first-order valence-electron chi connectivity index (χ1n) is 5.76. The van der Waals surface area contributed by atoms with E-state index in [1.165, 1.54) is 6.92 Å². The van der Waals surface area contributed by atoms with Gasteiger partial charge in [-0.1, -0.05) is 6.92 Å². The van der Waals surface area contributed by atoms with Crippen molar-refractivity contribution < 1.29 is 23.9 Å². The van der Waals surface area contributed by atoms with E-state index in [0.717, 1.165) is 0 Å². The number of hydrogen-bond acceptors (Lipinski definition) is 5.